The van der Waals surface area contributed by atoms with E-state index in [4.69, 9.17) is 5.73 Å². The number of aromatic nitrogens is 2. The summed E-state index contributed by atoms with van der Waals surface area (Å²) in [5, 5.41) is 13.3. The number of nitrogens with two attached hydrogens (primary N) is 1. The van der Waals surface area contributed by atoms with Crippen LogP contribution < -0.4 is 11.3 Å². The topological polar surface area (TPSA) is 107 Å². The van der Waals surface area contributed by atoms with E-state index in [1.54, 1.807) is 19.1 Å². The molecule has 0 spiro atoms. The average molecular weight is 248 g/mol. The van der Waals surface area contributed by atoms with Crippen molar-refractivity contribution in [3.05, 3.63) is 56.0 Å². The Kier molecular flexibility index (Phi) is 2.99. The van der Waals surface area contributed by atoms with Gasteiger partial charge in [-0.3, -0.25) is 24.7 Å². The number of non-ortho nitro benzene ring substituents is 1. The van der Waals surface area contributed by atoms with E-state index >= 15 is 0 Å². The molecular formula is C11H12N4O3. The summed E-state index contributed by atoms with van der Waals surface area (Å²) in [6, 6.07) is 6.02. The van der Waals surface area contributed by atoms with E-state index < -0.39 is 4.92 Å². The monoisotopic (exact) mass is 248 g/mol. The molecule has 0 saturated heterocycles. The van der Waals surface area contributed by atoms with Gasteiger partial charge in [0.1, 0.15) is 0 Å². The van der Waals surface area contributed by atoms with Gasteiger partial charge in [0.05, 0.1) is 16.2 Å². The first-order valence-corrected chi connectivity index (χ1v) is 5.30. The quantitative estimate of drug-likeness (QED) is 0.619. The first kappa shape index (κ1) is 12.1. The highest BCUT2D eigenvalue weighted by atomic mass is 16.6. The molecule has 1 aromatic carbocycles. The van der Waals surface area contributed by atoms with E-state index in [0.717, 1.165) is 0 Å². The standard InChI is InChI=1S/C11H12N4O3/c1-7-10(6-12)11(16)13-14(7)8-3-2-4-9(5-8)15(17)18/h2-5H,6,12H2,1H3,(H,13,16). The van der Waals surface area contributed by atoms with Crippen molar-refractivity contribution in [2.45, 2.75) is 13.5 Å². The van der Waals surface area contributed by atoms with Crippen molar-refractivity contribution in [2.75, 3.05) is 0 Å². The Labute approximate surface area is 102 Å². The van der Waals surface area contributed by atoms with E-state index in [-0.39, 0.29) is 17.8 Å². The Morgan fingerprint density at radius 2 is 2.22 bits per heavy atom. The molecule has 0 fully saturated rings. The fraction of sp³-hybridized carbons (Fsp3) is 0.182. The molecule has 0 atom stereocenters. The molecule has 94 valence electrons. The van der Waals surface area contributed by atoms with E-state index in [9.17, 15) is 14.9 Å². The van der Waals surface area contributed by atoms with Crippen molar-refractivity contribution >= 4 is 5.69 Å². The molecule has 7 nitrogen and oxygen atoms in total. The third-order valence-corrected chi connectivity index (χ3v) is 2.76. The maximum atomic E-state index is 11.6. The van der Waals surface area contributed by atoms with Crippen molar-refractivity contribution in [3.63, 3.8) is 0 Å². The lowest BCUT2D eigenvalue weighted by Crippen LogP contribution is -2.10. The molecular weight excluding hydrogens is 236 g/mol. The lowest BCUT2D eigenvalue weighted by molar-refractivity contribution is -0.384. The van der Waals surface area contributed by atoms with Crippen LogP contribution in [-0.4, -0.2) is 14.7 Å². The van der Waals surface area contributed by atoms with Crippen molar-refractivity contribution in [2.24, 2.45) is 5.73 Å². The predicted molar refractivity (Wildman–Crippen MR) is 65.7 cm³/mol. The number of H-pyrrole nitrogens is 1. The van der Waals surface area contributed by atoms with E-state index in [2.05, 4.69) is 5.10 Å². The minimum Gasteiger partial charge on any atom is -0.326 e. The third-order valence-electron chi connectivity index (χ3n) is 2.76. The van der Waals surface area contributed by atoms with Crippen molar-refractivity contribution in [1.29, 1.82) is 0 Å². The van der Waals surface area contributed by atoms with Crippen LogP contribution >= 0.6 is 0 Å². The van der Waals surface area contributed by atoms with E-state index in [1.807, 2.05) is 0 Å². The zero-order chi connectivity index (χ0) is 13.3. The number of hydrogen-bond donors (Lipinski definition) is 2. The zero-order valence-electron chi connectivity index (χ0n) is 9.71. The van der Waals surface area contributed by atoms with E-state index in [1.165, 1.54) is 16.8 Å². The van der Waals surface area contributed by atoms with Crippen LogP contribution in [0.3, 0.4) is 0 Å². The maximum Gasteiger partial charge on any atom is 0.271 e. The highest BCUT2D eigenvalue weighted by Gasteiger charge is 2.13. The van der Waals surface area contributed by atoms with Gasteiger partial charge in [-0.15, -0.1) is 0 Å². The summed E-state index contributed by atoms with van der Waals surface area (Å²) in [5.41, 5.74) is 6.83. The van der Waals surface area contributed by atoms with E-state index in [0.29, 0.717) is 16.9 Å². The largest absolute Gasteiger partial charge is 0.326 e. The lowest BCUT2D eigenvalue weighted by Gasteiger charge is -2.05. The number of hydrogen-bond acceptors (Lipinski definition) is 4. The summed E-state index contributed by atoms with van der Waals surface area (Å²) >= 11 is 0. The average Bonchev–Trinajstić information content (AvgIpc) is 2.64. The molecule has 7 heteroatoms. The number of benzene rings is 1. The van der Waals surface area contributed by atoms with Crippen LogP contribution in [0.4, 0.5) is 5.69 Å². The van der Waals surface area contributed by atoms with Gasteiger partial charge in [0.25, 0.3) is 11.2 Å². The molecule has 0 bridgehead atoms. The molecule has 1 aromatic heterocycles. The Morgan fingerprint density at radius 3 is 2.78 bits per heavy atom. The second-order valence-electron chi connectivity index (χ2n) is 3.82. The van der Waals surface area contributed by atoms with Crippen molar-refractivity contribution in [1.82, 2.24) is 9.78 Å². The molecule has 2 aromatic rings. The van der Waals surface area contributed by atoms with Gasteiger partial charge in [-0.25, -0.2) is 0 Å². The fourth-order valence-corrected chi connectivity index (χ4v) is 1.80. The molecule has 0 aliphatic rings. The molecule has 0 saturated carbocycles. The minimum absolute atomic E-state index is 0.0317. The zero-order valence-corrected chi connectivity index (χ0v) is 9.71. The van der Waals surface area contributed by atoms with Gasteiger partial charge in [-0.1, -0.05) is 6.07 Å². The Balaban J connectivity index is 2.59. The fourth-order valence-electron chi connectivity index (χ4n) is 1.80. The second kappa shape index (κ2) is 4.46. The van der Waals surface area contributed by atoms with Crippen LogP contribution in [0.1, 0.15) is 11.3 Å². The summed E-state index contributed by atoms with van der Waals surface area (Å²) < 4.78 is 1.50. The van der Waals surface area contributed by atoms with Gasteiger partial charge >= 0.3 is 0 Å². The lowest BCUT2D eigenvalue weighted by atomic mass is 10.2. The number of nitro groups is 1. The molecule has 0 unspecified atom stereocenters. The normalized spacial score (nSPS) is 10.6. The molecule has 0 aliphatic carbocycles. The van der Waals surface area contributed by atoms with Gasteiger partial charge < -0.3 is 5.73 Å². The molecule has 3 N–H and O–H groups in total. The number of nitrogens with one attached hydrogen (secondary N) is 1. The summed E-state index contributed by atoms with van der Waals surface area (Å²) in [6.45, 7) is 1.86. The Bertz CT molecular complexity index is 657. The van der Waals surface area contributed by atoms with Gasteiger partial charge in [0.2, 0.25) is 0 Å². The minimum atomic E-state index is -0.482. The number of nitro benzene ring substituents is 1. The van der Waals surface area contributed by atoms with Crippen LogP contribution in [-0.2, 0) is 6.54 Å². The predicted octanol–water partition coefficient (Wildman–Crippen LogP) is 0.841. The Hall–Kier alpha value is -2.41. The highest BCUT2D eigenvalue weighted by Crippen LogP contribution is 2.17. The van der Waals surface area contributed by atoms with Crippen LogP contribution in [0.15, 0.2) is 29.1 Å². The molecule has 2 rings (SSSR count). The number of aromatic amines is 1. The third kappa shape index (κ3) is 1.91. The summed E-state index contributed by atoms with van der Waals surface area (Å²) in [7, 11) is 0. The summed E-state index contributed by atoms with van der Waals surface area (Å²) in [4.78, 5) is 21.8. The smallest absolute Gasteiger partial charge is 0.271 e. The number of nitrogens with zero attached hydrogens (tertiary/aromatic N) is 2. The molecule has 0 radical (unpaired) electrons. The SMILES string of the molecule is Cc1c(CN)c(=O)[nH]n1-c1cccc([N+](=O)[O-])c1. The van der Waals surface area contributed by atoms with Crippen LogP contribution in [0.5, 0.6) is 0 Å². The van der Waals surface area contributed by atoms with Gasteiger partial charge in [0, 0.05) is 24.4 Å². The summed E-state index contributed by atoms with van der Waals surface area (Å²) in [6.07, 6.45) is 0. The van der Waals surface area contributed by atoms with Gasteiger partial charge in [-0.2, -0.15) is 0 Å². The molecule has 1 heterocycles. The van der Waals surface area contributed by atoms with Gasteiger partial charge in [-0.05, 0) is 13.0 Å². The number of rotatable bonds is 3. The Morgan fingerprint density at radius 1 is 1.50 bits per heavy atom. The van der Waals surface area contributed by atoms with Gasteiger partial charge in [0.15, 0.2) is 0 Å². The first-order valence-electron chi connectivity index (χ1n) is 5.30. The molecule has 0 aliphatic heterocycles. The van der Waals surface area contributed by atoms with Crippen LogP contribution in [0, 0.1) is 17.0 Å². The van der Waals surface area contributed by atoms with Crippen LogP contribution in [0.2, 0.25) is 0 Å². The van der Waals surface area contributed by atoms with Crippen molar-refractivity contribution < 1.29 is 4.92 Å². The van der Waals surface area contributed by atoms with Crippen LogP contribution in [0.25, 0.3) is 5.69 Å². The summed E-state index contributed by atoms with van der Waals surface area (Å²) in [5.74, 6) is 0. The molecule has 0 amide bonds. The second-order valence-corrected chi connectivity index (χ2v) is 3.82. The highest BCUT2D eigenvalue weighted by molar-refractivity contribution is 5.44. The maximum absolute atomic E-state index is 11.6. The molecule has 18 heavy (non-hydrogen) atoms. The first-order chi connectivity index (χ1) is 8.54. The van der Waals surface area contributed by atoms with Crippen molar-refractivity contribution in [3.8, 4) is 5.69 Å².